The summed E-state index contributed by atoms with van der Waals surface area (Å²) in [4.78, 5) is 0. The van der Waals surface area contributed by atoms with E-state index < -0.39 is 0 Å². The molecular formula is C36H39B. The monoisotopic (exact) mass is 482 g/mol. The van der Waals surface area contributed by atoms with Gasteiger partial charge in [0.15, 0.2) is 0 Å². The van der Waals surface area contributed by atoms with Gasteiger partial charge in [0.25, 0.3) is 0 Å². The number of terminal acetylenes is 2. The molecule has 0 saturated heterocycles. The summed E-state index contributed by atoms with van der Waals surface area (Å²) >= 11 is 0. The molecule has 0 aromatic heterocycles. The van der Waals surface area contributed by atoms with Crippen molar-refractivity contribution in [1.29, 1.82) is 0 Å². The zero-order chi connectivity index (χ0) is 27.3. The van der Waals surface area contributed by atoms with Crippen LogP contribution in [-0.4, -0.2) is 6.71 Å². The lowest BCUT2D eigenvalue weighted by Crippen LogP contribution is -2.58. The van der Waals surface area contributed by atoms with Crippen molar-refractivity contribution >= 4 is 35.3 Å². The van der Waals surface area contributed by atoms with Gasteiger partial charge >= 0.3 is 0 Å². The third-order valence-electron chi connectivity index (χ3n) is 7.52. The fourth-order valence-corrected chi connectivity index (χ4v) is 5.44. The van der Waals surface area contributed by atoms with Gasteiger partial charge in [0.2, 0.25) is 6.71 Å². The van der Waals surface area contributed by atoms with E-state index in [2.05, 4.69) is 135 Å². The first-order valence-electron chi connectivity index (χ1n) is 13.2. The van der Waals surface area contributed by atoms with Crippen molar-refractivity contribution in [2.75, 3.05) is 0 Å². The van der Waals surface area contributed by atoms with E-state index in [9.17, 15) is 0 Å². The molecule has 1 heterocycles. The van der Waals surface area contributed by atoms with Gasteiger partial charge in [-0.2, -0.15) is 0 Å². The van der Waals surface area contributed by atoms with Crippen molar-refractivity contribution in [1.82, 2.24) is 0 Å². The molecule has 0 aliphatic carbocycles. The van der Waals surface area contributed by atoms with Gasteiger partial charge in [-0.3, -0.25) is 0 Å². The van der Waals surface area contributed by atoms with E-state index in [1.807, 2.05) is 0 Å². The van der Waals surface area contributed by atoms with Crippen molar-refractivity contribution in [3.63, 3.8) is 0 Å². The number of benzene rings is 3. The number of fused-ring (bicyclic) bond motifs is 2. The molecule has 1 aliphatic rings. The minimum atomic E-state index is -0.0475. The van der Waals surface area contributed by atoms with Crippen molar-refractivity contribution in [2.24, 2.45) is 0 Å². The lowest BCUT2D eigenvalue weighted by atomic mass is 9.33. The van der Waals surface area contributed by atoms with Crippen molar-refractivity contribution in [3.05, 3.63) is 87.5 Å². The molecule has 4 rings (SSSR count). The Kier molecular flexibility index (Phi) is 6.59. The van der Waals surface area contributed by atoms with E-state index in [0.717, 1.165) is 11.1 Å². The molecule has 0 radical (unpaired) electrons. The molecule has 0 fully saturated rings. The second-order valence-corrected chi connectivity index (χ2v) is 13.5. The zero-order valence-corrected chi connectivity index (χ0v) is 24.0. The van der Waals surface area contributed by atoms with Gasteiger partial charge in [0.05, 0.1) is 0 Å². The quantitative estimate of drug-likeness (QED) is 0.213. The Morgan fingerprint density at radius 3 is 1.30 bits per heavy atom. The largest absolute Gasteiger partial charge is 0.243 e. The normalized spacial score (nSPS) is 13.3. The summed E-state index contributed by atoms with van der Waals surface area (Å²) in [6, 6.07) is 17.9. The van der Waals surface area contributed by atoms with Crippen LogP contribution in [0.1, 0.15) is 101 Å². The summed E-state index contributed by atoms with van der Waals surface area (Å²) in [6.07, 6.45) is 16.0. The third-order valence-corrected chi connectivity index (χ3v) is 7.52. The molecular weight excluding hydrogens is 443 g/mol. The number of rotatable bonds is 1. The van der Waals surface area contributed by atoms with E-state index >= 15 is 0 Å². The van der Waals surface area contributed by atoms with Crippen molar-refractivity contribution in [2.45, 2.75) is 78.6 Å². The molecule has 0 nitrogen and oxygen atoms in total. The fraction of sp³-hybridized carbons (Fsp3) is 0.333. The lowest BCUT2D eigenvalue weighted by Gasteiger charge is -2.36. The molecule has 0 N–H and O–H groups in total. The van der Waals surface area contributed by atoms with Gasteiger partial charge in [-0.05, 0) is 68.3 Å². The fourth-order valence-electron chi connectivity index (χ4n) is 5.44. The summed E-state index contributed by atoms with van der Waals surface area (Å²) < 4.78 is 0. The highest BCUT2D eigenvalue weighted by atomic mass is 14.3. The Balaban J connectivity index is 2.21. The minimum Gasteiger partial charge on any atom is -0.115 e. The molecule has 0 spiro atoms. The van der Waals surface area contributed by atoms with Crippen LogP contribution in [0, 0.1) is 24.7 Å². The van der Waals surface area contributed by atoms with Crippen molar-refractivity contribution < 1.29 is 0 Å². The Hall–Kier alpha value is -3.42. The highest BCUT2D eigenvalue weighted by Gasteiger charge is 2.37. The summed E-state index contributed by atoms with van der Waals surface area (Å²) in [7, 11) is 0. The number of hydrogen-bond acceptors (Lipinski definition) is 0. The molecule has 1 heteroatoms. The summed E-state index contributed by atoms with van der Waals surface area (Å²) in [6.45, 7) is 21.0. The predicted octanol–water partition coefficient (Wildman–Crippen LogP) is 6.54. The van der Waals surface area contributed by atoms with Crippen LogP contribution in [0.15, 0.2) is 48.5 Å². The molecule has 0 bridgehead atoms. The van der Waals surface area contributed by atoms with Crippen LogP contribution >= 0.6 is 0 Å². The molecule has 0 amide bonds. The van der Waals surface area contributed by atoms with Gasteiger partial charge in [0, 0.05) is 11.1 Å². The molecule has 0 unspecified atom stereocenters. The van der Waals surface area contributed by atoms with Crippen LogP contribution in [0.3, 0.4) is 0 Å². The van der Waals surface area contributed by atoms with E-state index in [1.54, 1.807) is 0 Å². The van der Waals surface area contributed by atoms with E-state index in [0.29, 0.717) is 0 Å². The first-order chi connectivity index (χ1) is 17.1. The molecule has 3 aromatic carbocycles. The molecule has 0 atom stereocenters. The highest BCUT2D eigenvalue weighted by molar-refractivity contribution is 6.97. The molecule has 37 heavy (non-hydrogen) atoms. The smallest absolute Gasteiger partial charge is 0.115 e. The van der Waals surface area contributed by atoms with E-state index in [1.165, 1.54) is 44.2 Å². The van der Waals surface area contributed by atoms with Gasteiger partial charge in [-0.1, -0.05) is 127 Å². The van der Waals surface area contributed by atoms with Crippen LogP contribution in [-0.2, 0) is 16.2 Å². The summed E-state index contributed by atoms with van der Waals surface area (Å²) in [5.41, 5.74) is 12.2. The third kappa shape index (κ3) is 5.06. The van der Waals surface area contributed by atoms with Crippen LogP contribution in [0.25, 0.3) is 12.2 Å². The second-order valence-electron chi connectivity index (χ2n) is 13.5. The lowest BCUT2D eigenvalue weighted by molar-refractivity contribution is 0.553. The molecule has 3 aromatic rings. The topological polar surface area (TPSA) is 0 Å². The molecule has 1 aliphatic heterocycles. The molecule has 0 saturated carbocycles. The maximum atomic E-state index is 5.81. The molecule has 186 valence electrons. The Labute approximate surface area is 225 Å². The van der Waals surface area contributed by atoms with Crippen LogP contribution in [0.2, 0.25) is 0 Å². The van der Waals surface area contributed by atoms with E-state index in [-0.39, 0.29) is 23.0 Å². The SMILES string of the molecule is C#Cc1ccc2c(c1)C=Cc1cc(C#C)ccc1B2c1c(C(C)(C)C)cc(C(C)(C)C)cc1C(C)(C)C. The second kappa shape index (κ2) is 9.16. The van der Waals surface area contributed by atoms with Gasteiger partial charge in [0.1, 0.15) is 0 Å². The Bertz CT molecular complexity index is 1380. The Morgan fingerprint density at radius 2 is 0.973 bits per heavy atom. The standard InChI is InChI=1S/C36H39B/c1-12-24-14-18-31-26(20-24)16-17-27-21-25(13-2)15-19-32(27)37(31)33-29(35(6,7)8)22-28(34(3,4)5)23-30(33)36(9,10)11/h1-2,14-23H,3-11H3. The summed E-state index contributed by atoms with van der Waals surface area (Å²) in [5.74, 6) is 5.65. The Morgan fingerprint density at radius 1 is 0.568 bits per heavy atom. The van der Waals surface area contributed by atoms with Gasteiger partial charge in [-0.15, -0.1) is 12.8 Å². The maximum absolute atomic E-state index is 5.81. The zero-order valence-electron chi connectivity index (χ0n) is 24.0. The first kappa shape index (κ1) is 26.6. The highest BCUT2D eigenvalue weighted by Crippen LogP contribution is 2.34. The first-order valence-corrected chi connectivity index (χ1v) is 13.2. The van der Waals surface area contributed by atoms with Gasteiger partial charge < -0.3 is 0 Å². The van der Waals surface area contributed by atoms with Crippen LogP contribution < -0.4 is 16.4 Å². The van der Waals surface area contributed by atoms with Crippen LogP contribution in [0.4, 0.5) is 0 Å². The average Bonchev–Trinajstić information content (AvgIpc) is 2.97. The van der Waals surface area contributed by atoms with E-state index in [4.69, 9.17) is 12.8 Å². The van der Waals surface area contributed by atoms with Crippen LogP contribution in [0.5, 0.6) is 0 Å². The predicted molar refractivity (Wildman–Crippen MR) is 165 cm³/mol. The number of hydrogen-bond donors (Lipinski definition) is 0. The maximum Gasteiger partial charge on any atom is 0.243 e. The van der Waals surface area contributed by atoms with Crippen molar-refractivity contribution in [3.8, 4) is 24.7 Å². The van der Waals surface area contributed by atoms with Gasteiger partial charge in [-0.25, -0.2) is 0 Å². The summed E-state index contributed by atoms with van der Waals surface area (Å²) in [5, 5.41) is 0. The minimum absolute atomic E-state index is 0.0444. The average molecular weight is 483 g/mol.